The van der Waals surface area contributed by atoms with E-state index in [9.17, 15) is 23.5 Å². The van der Waals surface area contributed by atoms with Crippen molar-refractivity contribution >= 4 is 39.9 Å². The topological polar surface area (TPSA) is 126 Å². The molecule has 2 aromatic carbocycles. The second kappa shape index (κ2) is 9.49. The quantitative estimate of drug-likeness (QED) is 0.291. The van der Waals surface area contributed by atoms with Gasteiger partial charge in [-0.25, -0.2) is 14.1 Å². The third-order valence-corrected chi connectivity index (χ3v) is 8.15. The van der Waals surface area contributed by atoms with E-state index in [0.717, 1.165) is 44.9 Å². The first-order chi connectivity index (χ1) is 18.3. The number of carbonyl (C=O) groups is 2. The van der Waals surface area contributed by atoms with E-state index >= 15 is 0 Å². The van der Waals surface area contributed by atoms with Crippen LogP contribution >= 0.6 is 0 Å². The van der Waals surface area contributed by atoms with Crippen molar-refractivity contribution in [1.82, 2.24) is 9.97 Å². The van der Waals surface area contributed by atoms with Gasteiger partial charge in [-0.1, -0.05) is 49.4 Å². The lowest BCUT2D eigenvalue weighted by atomic mass is 9.90. The number of hydrogen-bond acceptors (Lipinski definition) is 5. The van der Waals surface area contributed by atoms with Crippen molar-refractivity contribution in [3.63, 3.8) is 0 Å². The number of rotatable bonds is 8. The Bertz CT molecular complexity index is 1590. The number of para-hydroxylation sites is 1. The predicted octanol–water partition coefficient (Wildman–Crippen LogP) is 5.49. The van der Waals surface area contributed by atoms with Crippen LogP contribution in [-0.4, -0.2) is 35.7 Å². The Morgan fingerprint density at radius 2 is 1.79 bits per heavy atom. The fourth-order valence-electron chi connectivity index (χ4n) is 5.03. The number of hydrogen-bond donors (Lipinski definition) is 2. The molecule has 6 rings (SSSR count). The summed E-state index contributed by atoms with van der Waals surface area (Å²) in [5.41, 5.74) is 5.29. The van der Waals surface area contributed by atoms with Crippen LogP contribution in [-0.2, 0) is 16.1 Å². The monoisotopic (exact) mass is 528 g/mol. The number of nitrogens with zero attached hydrogens (tertiary/aromatic N) is 2. The Balaban J connectivity index is 1.36. The van der Waals surface area contributed by atoms with Gasteiger partial charge in [-0.3, -0.25) is 9.00 Å². The first-order valence-corrected chi connectivity index (χ1v) is 13.7. The lowest BCUT2D eigenvalue weighted by Gasteiger charge is -2.26. The molecular weight excluding hydrogens is 502 g/mol. The molecule has 2 saturated carbocycles. The minimum atomic E-state index is -2.73. The van der Waals surface area contributed by atoms with Crippen LogP contribution in [0.5, 0.6) is 0 Å². The average Bonchev–Trinajstić information content (AvgIpc) is 3.85. The van der Waals surface area contributed by atoms with Gasteiger partial charge in [0, 0.05) is 28.5 Å². The maximum atomic E-state index is 12.7. The fraction of sp³-hybridized carbons (Fsp3) is 0.276. The van der Waals surface area contributed by atoms with E-state index < -0.39 is 23.1 Å². The van der Waals surface area contributed by atoms with Crippen LogP contribution in [0.4, 0.5) is 5.69 Å². The van der Waals surface area contributed by atoms with Gasteiger partial charge in [0.2, 0.25) is 5.91 Å². The van der Waals surface area contributed by atoms with Crippen molar-refractivity contribution in [2.24, 2.45) is 5.92 Å². The highest BCUT2D eigenvalue weighted by molar-refractivity contribution is 7.81. The summed E-state index contributed by atoms with van der Waals surface area (Å²) in [5.74, 6) is -1.35. The zero-order valence-electron chi connectivity index (χ0n) is 20.7. The van der Waals surface area contributed by atoms with E-state index in [1.807, 2.05) is 37.3 Å². The van der Waals surface area contributed by atoms with Crippen molar-refractivity contribution in [3.05, 3.63) is 83.2 Å². The molecule has 2 unspecified atom stereocenters. The second-order valence-electron chi connectivity index (χ2n) is 10.1. The summed E-state index contributed by atoms with van der Waals surface area (Å²) in [4.78, 5) is 32.2. The largest absolute Gasteiger partial charge is 0.755 e. The number of aromatic nitrogens is 2. The lowest BCUT2D eigenvalue weighted by Crippen LogP contribution is -2.34. The van der Waals surface area contributed by atoms with Crippen LogP contribution in [0, 0.1) is 5.92 Å². The number of pyridine rings is 1. The Morgan fingerprint density at radius 3 is 2.42 bits per heavy atom. The smallest absolute Gasteiger partial charge is 0.354 e. The number of anilines is 1. The van der Waals surface area contributed by atoms with E-state index in [-0.39, 0.29) is 17.5 Å². The van der Waals surface area contributed by atoms with Gasteiger partial charge in [-0.05, 0) is 66.5 Å². The highest BCUT2D eigenvalue weighted by Crippen LogP contribution is 2.42. The highest BCUT2D eigenvalue weighted by atomic mass is 32.2. The number of carboxylic acids is 1. The Labute approximate surface area is 222 Å². The van der Waals surface area contributed by atoms with Crippen LogP contribution in [0.1, 0.15) is 71.8 Å². The molecule has 0 bridgehead atoms. The molecule has 2 fully saturated rings. The Kier molecular flexibility index (Phi) is 6.12. The van der Waals surface area contributed by atoms with Crippen molar-refractivity contribution in [2.45, 2.75) is 44.4 Å². The molecule has 4 aromatic rings. The predicted molar refractivity (Wildman–Crippen MR) is 144 cm³/mol. The molecule has 2 atom stereocenters. The minimum Gasteiger partial charge on any atom is -0.755 e. The minimum absolute atomic E-state index is 0.000120. The van der Waals surface area contributed by atoms with E-state index in [1.165, 1.54) is 0 Å². The molecule has 9 heteroatoms. The van der Waals surface area contributed by atoms with Crippen molar-refractivity contribution in [3.8, 4) is 11.1 Å². The number of H-pyrrole nitrogens is 1. The first kappa shape index (κ1) is 24.5. The van der Waals surface area contributed by atoms with Gasteiger partial charge in [0.25, 0.3) is 0 Å². The lowest BCUT2D eigenvalue weighted by molar-refractivity contribution is -0.118. The molecule has 8 nitrogen and oxygen atoms in total. The number of benzene rings is 2. The molecule has 0 saturated heterocycles. The molecule has 0 aliphatic heterocycles. The molecule has 194 valence electrons. The van der Waals surface area contributed by atoms with Gasteiger partial charge in [0.05, 0.1) is 17.0 Å². The van der Waals surface area contributed by atoms with Gasteiger partial charge >= 0.3 is 5.97 Å². The summed E-state index contributed by atoms with van der Waals surface area (Å²) in [6.45, 7) is 2.03. The standard InChI is InChI=1S/C29H27N3O5S/c1-16(22-14-25(29(34)35)31-27-23(22)15-24(30-27)19-10-11-19)17-6-8-18(9-7-17)21-4-2-3-5-26(21)32(38(36)37)28(33)20-12-13-20/h2-9,14-16,19-20H,10-13H2,1H3,(H,30,31)(H,34,35)(H,36,37)/p-1. The molecule has 0 spiro atoms. The maximum Gasteiger partial charge on any atom is 0.354 e. The van der Waals surface area contributed by atoms with Gasteiger partial charge < -0.3 is 14.6 Å². The highest BCUT2D eigenvalue weighted by Gasteiger charge is 2.35. The summed E-state index contributed by atoms with van der Waals surface area (Å²) in [5, 5.41) is 10.6. The average molecular weight is 529 g/mol. The number of carboxylic acid groups (broad SMARTS) is 1. The molecule has 2 aromatic heterocycles. The molecule has 0 radical (unpaired) electrons. The summed E-state index contributed by atoms with van der Waals surface area (Å²) in [7, 11) is 0. The molecule has 1 amide bonds. The number of aromatic carboxylic acids is 1. The van der Waals surface area contributed by atoms with Crippen molar-refractivity contribution < 1.29 is 23.5 Å². The molecule has 38 heavy (non-hydrogen) atoms. The summed E-state index contributed by atoms with van der Waals surface area (Å²) >= 11 is -2.73. The summed E-state index contributed by atoms with van der Waals surface area (Å²) in [6.07, 6.45) is 3.65. The molecule has 2 heterocycles. The zero-order valence-corrected chi connectivity index (χ0v) is 21.5. The third kappa shape index (κ3) is 4.52. The van der Waals surface area contributed by atoms with Gasteiger partial charge in [-0.2, -0.15) is 0 Å². The number of amides is 1. The summed E-state index contributed by atoms with van der Waals surface area (Å²) < 4.78 is 25.0. The van der Waals surface area contributed by atoms with Gasteiger partial charge in [0.1, 0.15) is 5.65 Å². The maximum absolute atomic E-state index is 12.7. The van der Waals surface area contributed by atoms with Crippen LogP contribution in [0.3, 0.4) is 0 Å². The number of fused-ring (bicyclic) bond motifs is 1. The fourth-order valence-corrected chi connectivity index (χ4v) is 5.64. The third-order valence-electron chi connectivity index (χ3n) is 7.48. The number of carbonyl (C=O) groups excluding carboxylic acids is 1. The van der Waals surface area contributed by atoms with Crippen molar-refractivity contribution in [2.75, 3.05) is 4.31 Å². The van der Waals surface area contributed by atoms with E-state index in [2.05, 4.69) is 16.0 Å². The van der Waals surface area contributed by atoms with Gasteiger partial charge in [0.15, 0.2) is 5.69 Å². The number of nitrogens with one attached hydrogen (secondary N) is 1. The Morgan fingerprint density at radius 1 is 1.08 bits per heavy atom. The van der Waals surface area contributed by atoms with Crippen molar-refractivity contribution in [1.29, 1.82) is 0 Å². The Hall–Kier alpha value is -3.82. The van der Waals surface area contributed by atoms with E-state index in [0.29, 0.717) is 35.7 Å². The van der Waals surface area contributed by atoms with Gasteiger partial charge in [-0.15, -0.1) is 0 Å². The zero-order chi connectivity index (χ0) is 26.6. The molecule has 2 aliphatic rings. The molecule has 2 N–H and O–H groups in total. The second-order valence-corrected chi connectivity index (χ2v) is 10.9. The number of aromatic amines is 1. The normalized spacial score (nSPS) is 16.8. The van der Waals surface area contributed by atoms with Crippen LogP contribution < -0.4 is 4.31 Å². The first-order valence-electron chi connectivity index (χ1n) is 12.7. The summed E-state index contributed by atoms with van der Waals surface area (Å²) in [6, 6.07) is 18.4. The molecule has 2 aliphatic carbocycles. The van der Waals surface area contributed by atoms with Crippen LogP contribution in [0.2, 0.25) is 0 Å². The SMILES string of the molecule is CC(c1ccc(-c2ccccc2N(C(=O)C2CC2)S(=O)[O-])cc1)c1cc(C(=O)O)nc2[nH]c(C3CC3)cc12. The van der Waals surface area contributed by atoms with E-state index in [4.69, 9.17) is 0 Å². The van der Waals surface area contributed by atoms with Crippen LogP contribution in [0.15, 0.2) is 60.7 Å². The van der Waals surface area contributed by atoms with Crippen LogP contribution in [0.25, 0.3) is 22.2 Å². The van der Waals surface area contributed by atoms with E-state index in [1.54, 1.807) is 24.3 Å². The molecular formula is C29H26N3O5S-.